The highest BCUT2D eigenvalue weighted by Gasteiger charge is 2.21. The van der Waals surface area contributed by atoms with E-state index in [0.717, 1.165) is 37.9 Å². The van der Waals surface area contributed by atoms with Crippen molar-refractivity contribution in [3.8, 4) is 17.2 Å². The first-order valence-electron chi connectivity index (χ1n) is 11.8. The highest BCUT2D eigenvalue weighted by Crippen LogP contribution is 2.40. The van der Waals surface area contributed by atoms with E-state index in [2.05, 4.69) is 34.5 Å². The van der Waals surface area contributed by atoms with E-state index in [1.165, 1.54) is 23.2 Å². The minimum atomic E-state index is -1.23. The molecule has 10 heteroatoms. The molecule has 0 aliphatic carbocycles. The molecule has 2 amide bonds. The Kier molecular flexibility index (Phi) is 8.89. The number of aromatic hydroxyl groups is 1. The van der Waals surface area contributed by atoms with Crippen LogP contribution in [0.25, 0.3) is 0 Å². The van der Waals surface area contributed by atoms with Gasteiger partial charge >= 0.3 is 11.8 Å². The van der Waals surface area contributed by atoms with Gasteiger partial charge in [0.05, 0.1) is 10.0 Å². The van der Waals surface area contributed by atoms with Gasteiger partial charge in [0.15, 0.2) is 5.75 Å². The predicted octanol–water partition coefficient (Wildman–Crippen LogP) is 5.39. The average molecular weight is 544 g/mol. The first-order chi connectivity index (χ1) is 17.8. The fourth-order valence-electron chi connectivity index (χ4n) is 4.38. The molecule has 3 aromatic carbocycles. The van der Waals surface area contributed by atoms with Crippen molar-refractivity contribution < 1.29 is 24.6 Å². The van der Waals surface area contributed by atoms with Crippen LogP contribution < -0.4 is 15.5 Å². The molecule has 0 atom stereocenters. The summed E-state index contributed by atoms with van der Waals surface area (Å²) in [4.78, 5) is 25.2. The number of carbonyl (C=O) groups excluding carboxylic acids is 2. The number of carbonyl (C=O) groups is 2. The molecule has 3 aromatic rings. The Labute approximate surface area is 224 Å². The molecule has 0 spiro atoms. The lowest BCUT2D eigenvalue weighted by Gasteiger charge is -2.32. The van der Waals surface area contributed by atoms with Gasteiger partial charge in [-0.1, -0.05) is 53.5 Å². The van der Waals surface area contributed by atoms with Gasteiger partial charge in [-0.25, -0.2) is 5.48 Å². The summed E-state index contributed by atoms with van der Waals surface area (Å²) in [7, 11) is 0. The molecule has 0 aromatic heterocycles. The fourth-order valence-corrected chi connectivity index (χ4v) is 4.94. The van der Waals surface area contributed by atoms with E-state index >= 15 is 0 Å². The second kappa shape index (κ2) is 12.3. The number of likely N-dealkylation sites (tertiary alicyclic amines) is 1. The minimum Gasteiger partial charge on any atom is -0.508 e. The summed E-state index contributed by atoms with van der Waals surface area (Å²) in [5, 5.41) is 21.5. The van der Waals surface area contributed by atoms with Crippen LogP contribution in [0.4, 0.5) is 5.69 Å². The number of anilines is 1. The summed E-state index contributed by atoms with van der Waals surface area (Å²) in [6.45, 7) is 2.47. The Hall–Kier alpha value is -3.30. The number of benzene rings is 3. The third kappa shape index (κ3) is 7.14. The van der Waals surface area contributed by atoms with Crippen LogP contribution in [-0.2, 0) is 22.6 Å². The molecule has 1 aliphatic heterocycles. The molecular formula is C27H27Cl2N3O5. The van der Waals surface area contributed by atoms with Crippen molar-refractivity contribution in [1.29, 1.82) is 0 Å². The maximum atomic E-state index is 11.6. The number of rotatable bonds is 7. The molecule has 0 radical (unpaired) electrons. The lowest BCUT2D eigenvalue weighted by atomic mass is 9.90. The van der Waals surface area contributed by atoms with Crippen molar-refractivity contribution in [2.75, 3.05) is 18.4 Å². The largest absolute Gasteiger partial charge is 0.508 e. The number of hydroxylamine groups is 1. The molecule has 4 rings (SSSR count). The van der Waals surface area contributed by atoms with Crippen molar-refractivity contribution in [1.82, 2.24) is 10.4 Å². The van der Waals surface area contributed by atoms with E-state index in [-0.39, 0.29) is 27.2 Å². The number of halogens is 2. The van der Waals surface area contributed by atoms with Crippen LogP contribution in [0, 0.1) is 5.92 Å². The minimum absolute atomic E-state index is 0.0994. The smallest absolute Gasteiger partial charge is 0.332 e. The number of amides is 2. The second-order valence-corrected chi connectivity index (χ2v) is 9.78. The Morgan fingerprint density at radius 3 is 2.30 bits per heavy atom. The predicted molar refractivity (Wildman–Crippen MR) is 141 cm³/mol. The third-order valence-electron chi connectivity index (χ3n) is 6.30. The summed E-state index contributed by atoms with van der Waals surface area (Å²) >= 11 is 12.6. The summed E-state index contributed by atoms with van der Waals surface area (Å²) in [6.07, 6.45) is 3.28. The first kappa shape index (κ1) is 26.8. The van der Waals surface area contributed by atoms with E-state index in [1.807, 2.05) is 6.07 Å². The van der Waals surface area contributed by atoms with Crippen molar-refractivity contribution in [3.05, 3.63) is 81.8 Å². The zero-order valence-electron chi connectivity index (χ0n) is 19.9. The molecule has 0 bridgehead atoms. The highest BCUT2D eigenvalue weighted by molar-refractivity contribution is 6.40. The van der Waals surface area contributed by atoms with Crippen LogP contribution in [-0.4, -0.2) is 40.1 Å². The van der Waals surface area contributed by atoms with Crippen molar-refractivity contribution in [3.63, 3.8) is 0 Å². The second-order valence-electron chi connectivity index (χ2n) is 8.97. The fraction of sp³-hybridized carbons (Fsp3) is 0.259. The summed E-state index contributed by atoms with van der Waals surface area (Å²) in [5.41, 5.74) is 3.49. The zero-order valence-corrected chi connectivity index (χ0v) is 21.4. The average Bonchev–Trinajstić information content (AvgIpc) is 2.89. The van der Waals surface area contributed by atoms with Gasteiger partial charge in [-0.2, -0.15) is 0 Å². The number of phenols is 1. The van der Waals surface area contributed by atoms with Gasteiger partial charge in [0.2, 0.25) is 0 Å². The molecule has 0 unspecified atom stereocenters. The first-order valence-corrected chi connectivity index (χ1v) is 12.6. The maximum Gasteiger partial charge on any atom is 0.332 e. The van der Waals surface area contributed by atoms with Crippen LogP contribution in [0.15, 0.2) is 60.7 Å². The molecule has 37 heavy (non-hydrogen) atoms. The molecule has 1 aliphatic rings. The normalized spacial score (nSPS) is 14.2. The number of nitrogens with zero attached hydrogens (tertiary/aromatic N) is 1. The monoisotopic (exact) mass is 543 g/mol. The number of nitrogens with one attached hydrogen (secondary N) is 2. The van der Waals surface area contributed by atoms with Crippen molar-refractivity contribution in [2.24, 2.45) is 5.92 Å². The summed E-state index contributed by atoms with van der Waals surface area (Å²) in [5.74, 6) is -0.897. The van der Waals surface area contributed by atoms with Gasteiger partial charge in [0.25, 0.3) is 0 Å². The van der Waals surface area contributed by atoms with Gasteiger partial charge in [0.1, 0.15) is 11.5 Å². The van der Waals surface area contributed by atoms with E-state index < -0.39 is 11.8 Å². The van der Waals surface area contributed by atoms with Gasteiger partial charge in [0, 0.05) is 17.8 Å². The Morgan fingerprint density at radius 1 is 0.973 bits per heavy atom. The van der Waals surface area contributed by atoms with Crippen LogP contribution in [0.5, 0.6) is 17.2 Å². The lowest BCUT2D eigenvalue weighted by Crippen LogP contribution is -2.33. The molecule has 194 valence electrons. The highest BCUT2D eigenvalue weighted by atomic mass is 35.5. The van der Waals surface area contributed by atoms with Gasteiger partial charge in [-0.15, -0.1) is 0 Å². The van der Waals surface area contributed by atoms with Crippen LogP contribution >= 0.6 is 23.2 Å². The van der Waals surface area contributed by atoms with E-state index in [9.17, 15) is 14.7 Å². The molecule has 8 nitrogen and oxygen atoms in total. The van der Waals surface area contributed by atoms with Gasteiger partial charge in [-0.3, -0.25) is 19.7 Å². The molecule has 1 fully saturated rings. The van der Waals surface area contributed by atoms with Crippen LogP contribution in [0.2, 0.25) is 10.0 Å². The van der Waals surface area contributed by atoms with Crippen molar-refractivity contribution >= 4 is 40.7 Å². The van der Waals surface area contributed by atoms with E-state index in [4.69, 9.17) is 33.1 Å². The quantitative estimate of drug-likeness (QED) is 0.180. The number of hydrogen-bond acceptors (Lipinski definition) is 6. The van der Waals surface area contributed by atoms with Crippen LogP contribution in [0.3, 0.4) is 0 Å². The summed E-state index contributed by atoms with van der Waals surface area (Å²) < 4.78 is 5.91. The van der Waals surface area contributed by atoms with E-state index in [0.29, 0.717) is 18.2 Å². The molecular weight excluding hydrogens is 517 g/mol. The maximum absolute atomic E-state index is 11.6. The SMILES string of the molecule is O=C(NO)C(=O)Nc1cc(Cl)c(Oc2ccc(O)c(CN3CCC(Cc4ccccc4)CC3)c2)c(Cl)c1. The van der Waals surface area contributed by atoms with Crippen LogP contribution in [0.1, 0.15) is 24.0 Å². The molecule has 0 saturated carbocycles. The number of phenolic OH excluding ortho intramolecular Hbond substituents is 1. The topological polar surface area (TPSA) is 111 Å². The number of piperidine rings is 1. The van der Waals surface area contributed by atoms with E-state index in [1.54, 1.807) is 18.2 Å². The Bertz CT molecular complexity index is 1240. The lowest BCUT2D eigenvalue weighted by molar-refractivity contribution is -0.141. The molecule has 1 saturated heterocycles. The third-order valence-corrected chi connectivity index (χ3v) is 6.86. The zero-order chi connectivity index (χ0) is 26.4. The van der Waals surface area contributed by atoms with Gasteiger partial charge in [-0.05, 0) is 74.2 Å². The van der Waals surface area contributed by atoms with Gasteiger partial charge < -0.3 is 15.2 Å². The Balaban J connectivity index is 1.38. The molecule has 1 heterocycles. The number of hydrogen-bond donors (Lipinski definition) is 4. The standard InChI is InChI=1S/C27H27Cl2N3O5/c28-22-14-20(30-26(34)27(35)31-36)15-23(29)25(22)37-21-6-7-24(33)19(13-21)16-32-10-8-18(9-11-32)12-17-4-2-1-3-5-17/h1-7,13-15,18,33,36H,8-12,16H2,(H,30,34)(H,31,35). The number of ether oxygens (including phenoxy) is 1. The summed E-state index contributed by atoms with van der Waals surface area (Å²) in [6, 6.07) is 18.2. The molecule has 4 N–H and O–H groups in total. The van der Waals surface area contributed by atoms with Crippen molar-refractivity contribution in [2.45, 2.75) is 25.8 Å². The Morgan fingerprint density at radius 2 is 1.65 bits per heavy atom.